The van der Waals surface area contributed by atoms with Crippen LogP contribution in [0.1, 0.15) is 10.4 Å². The molecule has 1 aromatic heterocycles. The van der Waals surface area contributed by atoms with Crippen LogP contribution in [-0.4, -0.2) is 64.3 Å². The average molecular weight is 416 g/mol. The Kier molecular flexibility index (Phi) is 6.56. The summed E-state index contributed by atoms with van der Waals surface area (Å²) in [6.07, 6.45) is 0. The number of hydrogen-bond donors (Lipinski definition) is 0. The third kappa shape index (κ3) is 4.44. The third-order valence-corrected chi connectivity index (χ3v) is 5.50. The molecule has 154 valence electrons. The van der Waals surface area contributed by atoms with E-state index < -0.39 is 0 Å². The average Bonchev–Trinajstić information content (AvgIpc) is 3.16. The topological polar surface area (TPSA) is 64.1 Å². The maximum atomic E-state index is 13.5. The second-order valence-corrected chi connectivity index (χ2v) is 7.65. The molecule has 0 atom stereocenters. The Labute approximate surface area is 174 Å². The largest absolute Gasteiger partial charge is 0.493 e. The molecule has 1 heterocycles. The van der Waals surface area contributed by atoms with Gasteiger partial charge < -0.3 is 19.1 Å². The van der Waals surface area contributed by atoms with Gasteiger partial charge in [0.2, 0.25) is 5.75 Å². The third-order valence-electron chi connectivity index (χ3n) is 4.44. The van der Waals surface area contributed by atoms with Gasteiger partial charge in [0, 0.05) is 18.7 Å². The molecule has 0 bridgehead atoms. The van der Waals surface area contributed by atoms with Crippen LogP contribution in [0.4, 0.5) is 5.13 Å². The second kappa shape index (κ2) is 9.11. The molecule has 0 aliphatic rings. The number of carbonyl (C=O) groups is 1. The van der Waals surface area contributed by atoms with Gasteiger partial charge in [-0.2, -0.15) is 0 Å². The monoisotopic (exact) mass is 415 g/mol. The molecule has 0 aliphatic heterocycles. The summed E-state index contributed by atoms with van der Waals surface area (Å²) < 4.78 is 17.2. The first-order chi connectivity index (χ1) is 14.0. The lowest BCUT2D eigenvalue weighted by atomic mass is 10.1. The standard InChI is InChI=1S/C21H25N3O4S/c1-23(2)10-11-24(21-22-15-8-6-7-9-18(15)29-21)20(25)14-12-16(26-3)19(28-5)17(13-14)27-4/h6-9,12-13H,10-11H2,1-5H3. The van der Waals surface area contributed by atoms with Crippen LogP contribution in [0.2, 0.25) is 0 Å². The number of methoxy groups -OCH3 is 3. The molecule has 0 aliphatic carbocycles. The van der Waals surface area contributed by atoms with Gasteiger partial charge in [0.1, 0.15) is 0 Å². The number of nitrogens with zero attached hydrogens (tertiary/aromatic N) is 3. The van der Waals surface area contributed by atoms with E-state index in [1.807, 2.05) is 43.3 Å². The number of ether oxygens (including phenoxy) is 3. The van der Waals surface area contributed by atoms with Crippen LogP contribution in [0, 0.1) is 0 Å². The van der Waals surface area contributed by atoms with E-state index in [0.29, 0.717) is 41.0 Å². The Hall–Kier alpha value is -2.84. The molecule has 0 spiro atoms. The number of benzene rings is 2. The maximum absolute atomic E-state index is 13.5. The first-order valence-corrected chi connectivity index (χ1v) is 9.92. The van der Waals surface area contributed by atoms with Crippen LogP contribution in [-0.2, 0) is 0 Å². The van der Waals surface area contributed by atoms with E-state index in [0.717, 1.165) is 10.2 Å². The molecule has 29 heavy (non-hydrogen) atoms. The molecule has 3 rings (SSSR count). The van der Waals surface area contributed by atoms with E-state index in [-0.39, 0.29) is 5.91 Å². The maximum Gasteiger partial charge on any atom is 0.260 e. The van der Waals surface area contributed by atoms with Crippen molar-refractivity contribution in [2.45, 2.75) is 0 Å². The van der Waals surface area contributed by atoms with Gasteiger partial charge in [0.05, 0.1) is 31.5 Å². The summed E-state index contributed by atoms with van der Waals surface area (Å²) in [5, 5.41) is 0.659. The fourth-order valence-corrected chi connectivity index (χ4v) is 3.91. The number of rotatable bonds is 8. The van der Waals surface area contributed by atoms with Gasteiger partial charge >= 0.3 is 0 Å². The molecule has 0 N–H and O–H groups in total. The lowest BCUT2D eigenvalue weighted by molar-refractivity contribution is 0.0984. The van der Waals surface area contributed by atoms with Crippen molar-refractivity contribution in [3.05, 3.63) is 42.0 Å². The van der Waals surface area contributed by atoms with Gasteiger partial charge in [0.15, 0.2) is 16.6 Å². The first kappa shape index (κ1) is 20.9. The van der Waals surface area contributed by atoms with Gasteiger partial charge in [-0.05, 0) is 38.4 Å². The lowest BCUT2D eigenvalue weighted by Crippen LogP contribution is -2.36. The summed E-state index contributed by atoms with van der Waals surface area (Å²) >= 11 is 1.50. The fraction of sp³-hybridized carbons (Fsp3) is 0.333. The minimum atomic E-state index is -0.176. The SMILES string of the molecule is COc1cc(C(=O)N(CCN(C)C)c2nc3ccccc3s2)cc(OC)c1OC. The van der Waals surface area contributed by atoms with Gasteiger partial charge in [-0.25, -0.2) is 4.98 Å². The normalized spacial score (nSPS) is 11.0. The highest BCUT2D eigenvalue weighted by Gasteiger charge is 2.24. The van der Waals surface area contributed by atoms with E-state index in [9.17, 15) is 4.79 Å². The number of fused-ring (bicyclic) bond motifs is 1. The molecule has 8 heteroatoms. The molecule has 1 amide bonds. The summed E-state index contributed by atoms with van der Waals surface area (Å²) in [5.74, 6) is 1.15. The van der Waals surface area contributed by atoms with Crippen molar-refractivity contribution in [1.29, 1.82) is 0 Å². The zero-order valence-electron chi connectivity index (χ0n) is 17.3. The van der Waals surface area contributed by atoms with Crippen molar-refractivity contribution in [3.63, 3.8) is 0 Å². The van der Waals surface area contributed by atoms with Crippen molar-refractivity contribution in [3.8, 4) is 17.2 Å². The number of aromatic nitrogens is 1. The summed E-state index contributed by atoms with van der Waals surface area (Å²) in [7, 11) is 8.54. The van der Waals surface area contributed by atoms with E-state index in [1.54, 1.807) is 17.0 Å². The lowest BCUT2D eigenvalue weighted by Gasteiger charge is -2.23. The summed E-state index contributed by atoms with van der Waals surface area (Å²) in [4.78, 5) is 21.9. The number of hydrogen-bond acceptors (Lipinski definition) is 7. The second-order valence-electron chi connectivity index (χ2n) is 6.64. The predicted octanol–water partition coefficient (Wildman–Crippen LogP) is 3.53. The van der Waals surface area contributed by atoms with E-state index in [2.05, 4.69) is 4.98 Å². The van der Waals surface area contributed by atoms with E-state index >= 15 is 0 Å². The van der Waals surface area contributed by atoms with Crippen molar-refractivity contribution in [2.24, 2.45) is 0 Å². The van der Waals surface area contributed by atoms with Crippen LogP contribution in [0.3, 0.4) is 0 Å². The van der Waals surface area contributed by atoms with Gasteiger partial charge in [-0.15, -0.1) is 0 Å². The molecule has 3 aromatic rings. The van der Waals surface area contributed by atoms with Gasteiger partial charge in [-0.3, -0.25) is 9.69 Å². The molecule has 0 fully saturated rings. The zero-order chi connectivity index (χ0) is 21.0. The Bertz CT molecular complexity index is 945. The van der Waals surface area contributed by atoms with Gasteiger partial charge in [0.25, 0.3) is 5.91 Å². The van der Waals surface area contributed by atoms with Crippen molar-refractivity contribution < 1.29 is 19.0 Å². The predicted molar refractivity (Wildman–Crippen MR) is 116 cm³/mol. The molecule has 0 unspecified atom stereocenters. The number of thiazole rings is 1. The highest BCUT2D eigenvalue weighted by molar-refractivity contribution is 7.22. The van der Waals surface area contributed by atoms with Crippen molar-refractivity contribution in [2.75, 3.05) is 53.4 Å². The number of para-hydroxylation sites is 1. The Morgan fingerprint density at radius 2 is 1.66 bits per heavy atom. The first-order valence-electron chi connectivity index (χ1n) is 9.10. The number of anilines is 1. The van der Waals surface area contributed by atoms with Gasteiger partial charge in [-0.1, -0.05) is 23.5 Å². The van der Waals surface area contributed by atoms with Crippen molar-refractivity contribution >= 4 is 32.6 Å². The minimum Gasteiger partial charge on any atom is -0.493 e. The molecule has 0 radical (unpaired) electrons. The highest BCUT2D eigenvalue weighted by atomic mass is 32.1. The van der Waals surface area contributed by atoms with E-state index in [1.165, 1.54) is 32.7 Å². The van der Waals surface area contributed by atoms with Crippen molar-refractivity contribution in [1.82, 2.24) is 9.88 Å². The molecule has 0 saturated heterocycles. The van der Waals surface area contributed by atoms with Crippen LogP contribution >= 0.6 is 11.3 Å². The zero-order valence-corrected chi connectivity index (χ0v) is 18.1. The highest BCUT2D eigenvalue weighted by Crippen LogP contribution is 2.39. The molecule has 2 aromatic carbocycles. The molecular formula is C21H25N3O4S. The summed E-state index contributed by atoms with van der Waals surface area (Å²) in [6, 6.07) is 11.2. The number of carbonyl (C=O) groups excluding carboxylic acids is 1. The quantitative estimate of drug-likeness (QED) is 0.561. The summed E-state index contributed by atoms with van der Waals surface area (Å²) in [5.41, 5.74) is 1.32. The smallest absolute Gasteiger partial charge is 0.260 e. The Balaban J connectivity index is 2.04. The number of amides is 1. The fourth-order valence-electron chi connectivity index (χ4n) is 2.92. The van der Waals surface area contributed by atoms with Crippen LogP contribution in [0.25, 0.3) is 10.2 Å². The Morgan fingerprint density at radius 3 is 2.21 bits per heavy atom. The number of likely N-dealkylation sites (N-methyl/N-ethyl adjacent to an activating group) is 1. The van der Waals surface area contributed by atoms with Crippen LogP contribution < -0.4 is 19.1 Å². The molecule has 7 nitrogen and oxygen atoms in total. The van der Waals surface area contributed by atoms with Crippen LogP contribution in [0.15, 0.2) is 36.4 Å². The van der Waals surface area contributed by atoms with E-state index in [4.69, 9.17) is 14.2 Å². The minimum absolute atomic E-state index is 0.176. The summed E-state index contributed by atoms with van der Waals surface area (Å²) in [6.45, 7) is 1.20. The van der Waals surface area contributed by atoms with Crippen LogP contribution in [0.5, 0.6) is 17.2 Å². The molecular weight excluding hydrogens is 390 g/mol. The Morgan fingerprint density at radius 1 is 1.00 bits per heavy atom. The molecule has 0 saturated carbocycles.